The predicted octanol–water partition coefficient (Wildman–Crippen LogP) is 3.79. The minimum atomic E-state index is -3.60. The predicted molar refractivity (Wildman–Crippen MR) is 126 cm³/mol. The number of thiophene rings is 1. The fourth-order valence-corrected chi connectivity index (χ4v) is 7.73. The first-order valence-corrected chi connectivity index (χ1v) is 13.3. The van der Waals surface area contributed by atoms with Crippen LogP contribution in [0.15, 0.2) is 29.2 Å². The van der Waals surface area contributed by atoms with Crippen molar-refractivity contribution in [2.75, 3.05) is 11.9 Å². The second-order valence-corrected chi connectivity index (χ2v) is 11.9. The third-order valence-electron chi connectivity index (χ3n) is 6.45. The van der Waals surface area contributed by atoms with E-state index in [9.17, 15) is 18.0 Å². The fourth-order valence-electron chi connectivity index (χ4n) is 4.62. The molecule has 3 N–H and O–H groups in total. The summed E-state index contributed by atoms with van der Waals surface area (Å²) in [5.74, 6) is -0.401. The standard InChI is InChI=1S/C23H29N3O4S2/c1-14-6-11-18-19(13-14)31-23(20(18)21(24)27)25-22(28)16-7-9-17(10-8-16)32(29,30)26-12-4-3-5-15(26)2/h7-10,14-15H,3-6,11-13H2,1-2H3,(H2,24,27)(H,25,28)/t14-,15+/m0/s1. The molecular formula is C23H29N3O4S2. The highest BCUT2D eigenvalue weighted by Crippen LogP contribution is 2.39. The molecule has 4 rings (SSSR count). The second kappa shape index (κ2) is 8.96. The van der Waals surface area contributed by atoms with Crippen LogP contribution in [0, 0.1) is 5.92 Å². The van der Waals surface area contributed by atoms with Gasteiger partial charge in [0.15, 0.2) is 0 Å². The number of hydrogen-bond acceptors (Lipinski definition) is 5. The van der Waals surface area contributed by atoms with Gasteiger partial charge in [0.25, 0.3) is 11.8 Å². The molecule has 7 nitrogen and oxygen atoms in total. The number of amides is 2. The van der Waals surface area contributed by atoms with Gasteiger partial charge in [0, 0.05) is 23.0 Å². The van der Waals surface area contributed by atoms with Crippen LogP contribution in [0.1, 0.15) is 70.7 Å². The van der Waals surface area contributed by atoms with Gasteiger partial charge in [0.1, 0.15) is 5.00 Å². The summed E-state index contributed by atoms with van der Waals surface area (Å²) in [5.41, 5.74) is 7.31. The zero-order valence-corrected chi connectivity index (χ0v) is 20.0. The molecule has 1 aromatic heterocycles. The second-order valence-electron chi connectivity index (χ2n) is 8.86. The minimum Gasteiger partial charge on any atom is -0.365 e. The van der Waals surface area contributed by atoms with Gasteiger partial charge in [-0.2, -0.15) is 4.31 Å². The van der Waals surface area contributed by atoms with E-state index >= 15 is 0 Å². The molecule has 9 heteroatoms. The van der Waals surface area contributed by atoms with Crippen LogP contribution in [-0.2, 0) is 22.9 Å². The number of hydrogen-bond donors (Lipinski definition) is 2. The normalized spacial score (nSPS) is 21.7. The summed E-state index contributed by atoms with van der Waals surface area (Å²) in [5, 5.41) is 3.30. The van der Waals surface area contributed by atoms with E-state index in [1.54, 1.807) is 4.31 Å². The van der Waals surface area contributed by atoms with Crippen molar-refractivity contribution in [2.45, 2.75) is 63.3 Å². The molecule has 0 saturated carbocycles. The molecule has 1 aliphatic carbocycles. The van der Waals surface area contributed by atoms with E-state index < -0.39 is 21.8 Å². The first kappa shape index (κ1) is 22.9. The van der Waals surface area contributed by atoms with Crippen molar-refractivity contribution in [3.63, 3.8) is 0 Å². The number of rotatable bonds is 5. The molecule has 1 fully saturated rings. The summed E-state index contributed by atoms with van der Waals surface area (Å²) in [4.78, 5) is 26.2. The summed E-state index contributed by atoms with van der Waals surface area (Å²) in [6, 6.07) is 5.94. The van der Waals surface area contributed by atoms with Crippen LogP contribution < -0.4 is 11.1 Å². The molecular weight excluding hydrogens is 446 g/mol. The van der Waals surface area contributed by atoms with Crippen LogP contribution in [0.4, 0.5) is 5.00 Å². The van der Waals surface area contributed by atoms with E-state index in [1.807, 2.05) is 6.92 Å². The smallest absolute Gasteiger partial charge is 0.256 e. The van der Waals surface area contributed by atoms with Gasteiger partial charge in [-0.15, -0.1) is 11.3 Å². The highest BCUT2D eigenvalue weighted by atomic mass is 32.2. The van der Waals surface area contributed by atoms with E-state index in [0.717, 1.165) is 49.0 Å². The fraction of sp³-hybridized carbons (Fsp3) is 0.478. The molecule has 172 valence electrons. The van der Waals surface area contributed by atoms with E-state index in [2.05, 4.69) is 12.2 Å². The van der Waals surface area contributed by atoms with E-state index in [1.165, 1.54) is 35.6 Å². The average Bonchev–Trinajstić information content (AvgIpc) is 3.11. The van der Waals surface area contributed by atoms with Crippen LogP contribution in [0.25, 0.3) is 0 Å². The SMILES string of the molecule is C[C@H]1CCc2c(sc(NC(=O)c3ccc(S(=O)(=O)N4CCCC[C@H]4C)cc3)c2C(N)=O)C1. The van der Waals surface area contributed by atoms with Gasteiger partial charge in [-0.1, -0.05) is 13.3 Å². The Balaban J connectivity index is 1.55. The summed E-state index contributed by atoms with van der Waals surface area (Å²) in [6.07, 6.45) is 5.38. The van der Waals surface area contributed by atoms with Gasteiger partial charge >= 0.3 is 0 Å². The largest absolute Gasteiger partial charge is 0.365 e. The van der Waals surface area contributed by atoms with Crippen molar-refractivity contribution in [1.29, 1.82) is 0 Å². The maximum absolute atomic E-state index is 13.0. The molecule has 0 unspecified atom stereocenters. The van der Waals surface area contributed by atoms with Crippen LogP contribution in [0.3, 0.4) is 0 Å². The Kier molecular flexibility index (Phi) is 6.42. The maximum atomic E-state index is 13.0. The van der Waals surface area contributed by atoms with E-state index in [-0.39, 0.29) is 10.9 Å². The molecule has 0 bridgehead atoms. The number of primary amides is 1. The van der Waals surface area contributed by atoms with Crippen LogP contribution in [0.2, 0.25) is 0 Å². The van der Waals surface area contributed by atoms with Crippen molar-refractivity contribution in [2.24, 2.45) is 11.7 Å². The monoisotopic (exact) mass is 475 g/mol. The van der Waals surface area contributed by atoms with Gasteiger partial charge in [-0.05, 0) is 74.8 Å². The molecule has 2 heterocycles. The van der Waals surface area contributed by atoms with E-state index in [0.29, 0.717) is 28.6 Å². The molecule has 1 aromatic carbocycles. The third-order valence-corrected chi connectivity index (χ3v) is 9.65. The molecule has 1 aliphatic heterocycles. The lowest BCUT2D eigenvalue weighted by Gasteiger charge is -2.32. The summed E-state index contributed by atoms with van der Waals surface area (Å²) in [6.45, 7) is 4.62. The van der Waals surface area contributed by atoms with Gasteiger partial charge in [0.05, 0.1) is 10.5 Å². The number of anilines is 1. The quantitative estimate of drug-likeness (QED) is 0.686. The van der Waals surface area contributed by atoms with Crippen molar-refractivity contribution in [1.82, 2.24) is 4.31 Å². The first-order chi connectivity index (χ1) is 15.2. The summed E-state index contributed by atoms with van der Waals surface area (Å²) in [7, 11) is -3.60. The van der Waals surface area contributed by atoms with Gasteiger partial charge in [-0.25, -0.2) is 8.42 Å². The molecule has 2 aromatic rings. The molecule has 2 aliphatic rings. The highest BCUT2D eigenvalue weighted by molar-refractivity contribution is 7.89. The van der Waals surface area contributed by atoms with Crippen molar-refractivity contribution in [3.05, 3.63) is 45.8 Å². The number of benzene rings is 1. The van der Waals surface area contributed by atoms with Gasteiger partial charge in [0.2, 0.25) is 10.0 Å². The number of fused-ring (bicyclic) bond motifs is 1. The number of piperidine rings is 1. The summed E-state index contributed by atoms with van der Waals surface area (Å²) >= 11 is 1.41. The minimum absolute atomic E-state index is 0.0310. The number of carbonyl (C=O) groups excluding carboxylic acids is 2. The van der Waals surface area contributed by atoms with Gasteiger partial charge < -0.3 is 11.1 Å². The Hall–Kier alpha value is -2.23. The number of carbonyl (C=O) groups is 2. The zero-order valence-electron chi connectivity index (χ0n) is 18.4. The Morgan fingerprint density at radius 2 is 1.84 bits per heavy atom. The lowest BCUT2D eigenvalue weighted by molar-refractivity contribution is 0.1000. The molecule has 2 amide bonds. The lowest BCUT2D eigenvalue weighted by Crippen LogP contribution is -2.41. The molecule has 0 spiro atoms. The Labute approximate surface area is 193 Å². The third kappa shape index (κ3) is 4.33. The van der Waals surface area contributed by atoms with E-state index in [4.69, 9.17) is 5.73 Å². The topological polar surface area (TPSA) is 110 Å². The molecule has 1 saturated heterocycles. The van der Waals surface area contributed by atoms with Crippen molar-refractivity contribution in [3.8, 4) is 0 Å². The van der Waals surface area contributed by atoms with Crippen molar-refractivity contribution < 1.29 is 18.0 Å². The van der Waals surface area contributed by atoms with Gasteiger partial charge in [-0.3, -0.25) is 9.59 Å². The zero-order chi connectivity index (χ0) is 23.0. The lowest BCUT2D eigenvalue weighted by atomic mass is 9.88. The maximum Gasteiger partial charge on any atom is 0.256 e. The Bertz CT molecular complexity index is 1140. The number of nitrogens with zero attached hydrogens (tertiary/aromatic N) is 1. The highest BCUT2D eigenvalue weighted by Gasteiger charge is 2.31. The number of sulfonamides is 1. The number of nitrogens with two attached hydrogens (primary N) is 1. The van der Waals surface area contributed by atoms with Crippen LogP contribution in [-0.4, -0.2) is 37.1 Å². The molecule has 2 atom stereocenters. The van der Waals surface area contributed by atoms with Crippen LogP contribution in [0.5, 0.6) is 0 Å². The molecule has 32 heavy (non-hydrogen) atoms. The Morgan fingerprint density at radius 3 is 2.50 bits per heavy atom. The average molecular weight is 476 g/mol. The Morgan fingerprint density at radius 1 is 1.12 bits per heavy atom. The molecule has 0 radical (unpaired) electrons. The first-order valence-electron chi connectivity index (χ1n) is 11.1. The summed E-state index contributed by atoms with van der Waals surface area (Å²) < 4.78 is 27.6. The number of nitrogens with one attached hydrogen (secondary N) is 1. The van der Waals surface area contributed by atoms with Crippen molar-refractivity contribution >= 4 is 38.2 Å². The van der Waals surface area contributed by atoms with Crippen LogP contribution >= 0.6 is 11.3 Å².